The van der Waals surface area contributed by atoms with E-state index in [1.54, 1.807) is 12.1 Å². The summed E-state index contributed by atoms with van der Waals surface area (Å²) in [5, 5.41) is 0. The van der Waals surface area contributed by atoms with Crippen LogP contribution in [0.4, 0.5) is 5.69 Å². The van der Waals surface area contributed by atoms with Gasteiger partial charge < -0.3 is 14.4 Å². The van der Waals surface area contributed by atoms with Crippen LogP contribution in [0.2, 0.25) is 0 Å². The van der Waals surface area contributed by atoms with Crippen molar-refractivity contribution >= 4 is 15.7 Å². The molecule has 1 atom stereocenters. The van der Waals surface area contributed by atoms with Gasteiger partial charge >= 0.3 is 0 Å². The van der Waals surface area contributed by atoms with Crippen LogP contribution in [0.3, 0.4) is 0 Å². The summed E-state index contributed by atoms with van der Waals surface area (Å²) in [5.41, 5.74) is 3.80. The Bertz CT molecular complexity index is 1070. The van der Waals surface area contributed by atoms with Gasteiger partial charge in [0.15, 0.2) is 0 Å². The molecule has 1 fully saturated rings. The minimum atomic E-state index is -3.79. The van der Waals surface area contributed by atoms with Gasteiger partial charge in [-0.2, -0.15) is 0 Å². The number of hydrogen-bond acceptors (Lipinski definition) is 6. The molecule has 4 rings (SSSR count). The van der Waals surface area contributed by atoms with Crippen molar-refractivity contribution in [3.8, 4) is 11.5 Å². The Morgan fingerprint density at radius 2 is 1.76 bits per heavy atom. The first kappa shape index (κ1) is 23.9. The predicted molar refractivity (Wildman–Crippen MR) is 131 cm³/mol. The fourth-order valence-corrected chi connectivity index (χ4v) is 6.18. The molecule has 33 heavy (non-hydrogen) atoms. The molecule has 0 aliphatic carbocycles. The normalized spacial score (nSPS) is 18.0. The number of nitrogens with one attached hydrogen (secondary N) is 1. The van der Waals surface area contributed by atoms with Gasteiger partial charge in [0.2, 0.25) is 10.0 Å². The molecule has 2 heterocycles. The number of fused-ring (bicyclic) bond motifs is 1. The Kier molecular flexibility index (Phi) is 7.46. The number of hydrogen-bond donors (Lipinski definition) is 1. The summed E-state index contributed by atoms with van der Waals surface area (Å²) in [5.74, 6) is 0.775. The number of sulfonamides is 1. The number of piperidine rings is 1. The molecule has 1 unspecified atom stereocenters. The molecular formula is C25H35N3O4S. The SMILES string of the molecule is COc1ccc(OC)c(S(=O)(=O)NCC(c2ccc3c(c2)CCCN3C)N2CCCCC2)c1. The lowest BCUT2D eigenvalue weighted by Crippen LogP contribution is -2.40. The first-order chi connectivity index (χ1) is 15.9. The number of likely N-dealkylation sites (tertiary alicyclic amines) is 1. The average Bonchev–Trinajstić information content (AvgIpc) is 2.84. The van der Waals surface area contributed by atoms with E-state index >= 15 is 0 Å². The van der Waals surface area contributed by atoms with Crippen molar-refractivity contribution in [1.29, 1.82) is 0 Å². The summed E-state index contributed by atoms with van der Waals surface area (Å²) < 4.78 is 40.0. The zero-order chi connectivity index (χ0) is 23.4. The van der Waals surface area contributed by atoms with Gasteiger partial charge in [-0.1, -0.05) is 18.6 Å². The number of benzene rings is 2. The van der Waals surface area contributed by atoms with Gasteiger partial charge in [-0.05, 0) is 68.1 Å². The van der Waals surface area contributed by atoms with E-state index < -0.39 is 10.0 Å². The molecule has 0 spiro atoms. The molecule has 2 aliphatic heterocycles. The van der Waals surface area contributed by atoms with Crippen molar-refractivity contribution in [2.24, 2.45) is 0 Å². The zero-order valence-electron chi connectivity index (χ0n) is 19.8. The molecule has 2 aromatic carbocycles. The Morgan fingerprint density at radius 1 is 0.970 bits per heavy atom. The maximum absolute atomic E-state index is 13.3. The van der Waals surface area contributed by atoms with Crippen LogP contribution >= 0.6 is 0 Å². The predicted octanol–water partition coefficient (Wildman–Crippen LogP) is 3.59. The Hall–Kier alpha value is -2.29. The van der Waals surface area contributed by atoms with Crippen molar-refractivity contribution in [3.63, 3.8) is 0 Å². The van der Waals surface area contributed by atoms with Crippen LogP contribution in [0.1, 0.15) is 42.9 Å². The summed E-state index contributed by atoms with van der Waals surface area (Å²) in [4.78, 5) is 4.81. The van der Waals surface area contributed by atoms with Crippen molar-refractivity contribution in [2.45, 2.75) is 43.0 Å². The van der Waals surface area contributed by atoms with E-state index in [0.717, 1.165) is 45.3 Å². The lowest BCUT2D eigenvalue weighted by atomic mass is 9.95. The summed E-state index contributed by atoms with van der Waals surface area (Å²) in [6, 6.07) is 11.4. The maximum atomic E-state index is 13.3. The van der Waals surface area contributed by atoms with Gasteiger partial charge in [-0.25, -0.2) is 13.1 Å². The number of methoxy groups -OCH3 is 2. The minimum Gasteiger partial charge on any atom is -0.497 e. The summed E-state index contributed by atoms with van der Waals surface area (Å²) in [6.07, 6.45) is 5.71. The lowest BCUT2D eigenvalue weighted by molar-refractivity contribution is 0.164. The van der Waals surface area contributed by atoms with Crippen molar-refractivity contribution < 1.29 is 17.9 Å². The number of rotatable bonds is 8. The van der Waals surface area contributed by atoms with Crippen molar-refractivity contribution in [2.75, 3.05) is 52.3 Å². The highest BCUT2D eigenvalue weighted by Gasteiger charge is 2.27. The van der Waals surface area contributed by atoms with Crippen LogP contribution in [-0.2, 0) is 16.4 Å². The van der Waals surface area contributed by atoms with Gasteiger partial charge in [-0.3, -0.25) is 4.90 Å². The molecule has 1 saturated heterocycles. The largest absolute Gasteiger partial charge is 0.497 e. The van der Waals surface area contributed by atoms with E-state index in [0.29, 0.717) is 18.0 Å². The van der Waals surface area contributed by atoms with Crippen LogP contribution in [0.5, 0.6) is 11.5 Å². The fraction of sp³-hybridized carbons (Fsp3) is 0.520. The van der Waals surface area contributed by atoms with Crippen molar-refractivity contribution in [3.05, 3.63) is 47.5 Å². The van der Waals surface area contributed by atoms with Crippen LogP contribution in [0.15, 0.2) is 41.3 Å². The van der Waals surface area contributed by atoms with Gasteiger partial charge in [0.25, 0.3) is 0 Å². The quantitative estimate of drug-likeness (QED) is 0.632. The molecule has 0 aromatic heterocycles. The molecular weight excluding hydrogens is 438 g/mol. The van der Waals surface area contributed by atoms with E-state index in [2.05, 4.69) is 39.8 Å². The first-order valence-corrected chi connectivity index (χ1v) is 13.2. The van der Waals surface area contributed by atoms with Crippen molar-refractivity contribution in [1.82, 2.24) is 9.62 Å². The zero-order valence-corrected chi connectivity index (χ0v) is 20.7. The van der Waals surface area contributed by atoms with Crippen LogP contribution < -0.4 is 19.1 Å². The second-order valence-electron chi connectivity index (χ2n) is 8.89. The molecule has 0 bridgehead atoms. The highest BCUT2D eigenvalue weighted by Crippen LogP contribution is 2.33. The Balaban J connectivity index is 1.62. The topological polar surface area (TPSA) is 71.1 Å². The van der Waals surface area contributed by atoms with Gasteiger partial charge in [0, 0.05) is 37.9 Å². The summed E-state index contributed by atoms with van der Waals surface area (Å²) in [7, 11) is 1.33. The molecule has 0 amide bonds. The minimum absolute atomic E-state index is 0.0192. The summed E-state index contributed by atoms with van der Waals surface area (Å²) in [6.45, 7) is 3.33. The standard InChI is InChI=1S/C25H35N3O4S/c1-27-13-7-8-19-16-20(9-11-22(19)27)23(28-14-5-4-6-15-28)18-26-33(29,30)25-17-21(31-2)10-12-24(25)32-3/h9-12,16-17,23,26H,4-8,13-15,18H2,1-3H3. The molecule has 7 nitrogen and oxygen atoms in total. The second kappa shape index (κ2) is 10.3. The lowest BCUT2D eigenvalue weighted by Gasteiger charge is -2.36. The van der Waals surface area contributed by atoms with E-state index in [9.17, 15) is 8.42 Å². The smallest absolute Gasteiger partial charge is 0.244 e. The van der Waals surface area contributed by atoms with E-state index in [4.69, 9.17) is 9.47 Å². The average molecular weight is 474 g/mol. The monoisotopic (exact) mass is 473 g/mol. The first-order valence-electron chi connectivity index (χ1n) is 11.7. The fourth-order valence-electron chi connectivity index (χ4n) is 4.96. The van der Waals surface area contributed by atoms with Crippen LogP contribution in [-0.4, -0.2) is 60.8 Å². The van der Waals surface area contributed by atoms with Gasteiger partial charge in [0.1, 0.15) is 16.4 Å². The molecule has 8 heteroatoms. The number of ether oxygens (including phenoxy) is 2. The van der Waals surface area contributed by atoms with Crippen LogP contribution in [0, 0.1) is 0 Å². The maximum Gasteiger partial charge on any atom is 0.244 e. The Labute approximate surface area is 197 Å². The van der Waals surface area contributed by atoms with Gasteiger partial charge in [0.05, 0.1) is 14.2 Å². The molecule has 1 N–H and O–H groups in total. The van der Waals surface area contributed by atoms with Gasteiger partial charge in [-0.15, -0.1) is 0 Å². The molecule has 2 aliphatic rings. The molecule has 0 radical (unpaired) electrons. The third-order valence-corrected chi connectivity index (χ3v) is 8.24. The number of nitrogens with zero attached hydrogens (tertiary/aromatic N) is 2. The van der Waals surface area contributed by atoms with E-state index in [-0.39, 0.29) is 10.9 Å². The summed E-state index contributed by atoms with van der Waals surface area (Å²) >= 11 is 0. The highest BCUT2D eigenvalue weighted by molar-refractivity contribution is 7.89. The molecule has 180 valence electrons. The number of anilines is 1. The third-order valence-electron chi connectivity index (χ3n) is 6.80. The highest BCUT2D eigenvalue weighted by atomic mass is 32.2. The second-order valence-corrected chi connectivity index (χ2v) is 10.6. The van der Waals surface area contributed by atoms with Crippen LogP contribution in [0.25, 0.3) is 0 Å². The molecule has 2 aromatic rings. The Morgan fingerprint density at radius 3 is 2.48 bits per heavy atom. The third kappa shape index (κ3) is 5.28. The molecule has 0 saturated carbocycles. The van der Waals surface area contributed by atoms with E-state index in [1.165, 1.54) is 43.5 Å². The van der Waals surface area contributed by atoms with E-state index in [1.807, 2.05) is 0 Å². The number of aryl methyl sites for hydroxylation is 1.